The van der Waals surface area contributed by atoms with Crippen molar-refractivity contribution in [1.29, 1.82) is 0 Å². The summed E-state index contributed by atoms with van der Waals surface area (Å²) < 4.78 is 5.41. The van der Waals surface area contributed by atoms with Gasteiger partial charge in [-0.1, -0.05) is 13.0 Å². The van der Waals surface area contributed by atoms with E-state index in [9.17, 15) is 9.59 Å². The van der Waals surface area contributed by atoms with E-state index in [1.165, 1.54) is 0 Å². The molecule has 2 aromatic heterocycles. The molecule has 0 aliphatic carbocycles. The lowest BCUT2D eigenvalue weighted by atomic mass is 10.0. The third-order valence-corrected chi connectivity index (χ3v) is 3.86. The molecular weight excluding hydrogens is 286 g/mol. The van der Waals surface area contributed by atoms with Crippen molar-refractivity contribution in [2.45, 2.75) is 39.7 Å². The maximum absolute atomic E-state index is 12.3. The highest BCUT2D eigenvalue weighted by Gasteiger charge is 2.26. The molecule has 21 heavy (non-hydrogen) atoms. The summed E-state index contributed by atoms with van der Waals surface area (Å²) in [4.78, 5) is 27.6. The maximum atomic E-state index is 12.3. The van der Waals surface area contributed by atoms with Crippen LogP contribution in [-0.4, -0.2) is 22.8 Å². The summed E-state index contributed by atoms with van der Waals surface area (Å²) in [7, 11) is 0. The number of hydrogen-bond donors (Lipinski definition) is 1. The highest BCUT2D eigenvalue weighted by atomic mass is 32.1. The second-order valence-corrected chi connectivity index (χ2v) is 6.67. The predicted octanol–water partition coefficient (Wildman–Crippen LogP) is 4.07. The molecule has 4 nitrogen and oxygen atoms in total. The number of carbonyl (C=O) groups is 2. The number of aromatic nitrogens is 1. The number of nitrogens with one attached hydrogen (secondary N) is 1. The molecule has 0 spiro atoms. The van der Waals surface area contributed by atoms with Crippen molar-refractivity contribution in [2.24, 2.45) is 0 Å². The smallest absolute Gasteiger partial charge is 0.355 e. The lowest BCUT2D eigenvalue weighted by Gasteiger charge is -2.19. The van der Waals surface area contributed by atoms with E-state index in [4.69, 9.17) is 4.74 Å². The van der Waals surface area contributed by atoms with Crippen LogP contribution in [0, 0.1) is 0 Å². The van der Waals surface area contributed by atoms with E-state index < -0.39 is 11.6 Å². The fraction of sp³-hybridized carbons (Fsp3) is 0.375. The lowest BCUT2D eigenvalue weighted by molar-refractivity contribution is 0.00624. The zero-order valence-corrected chi connectivity index (χ0v) is 13.5. The third kappa shape index (κ3) is 3.24. The Morgan fingerprint density at radius 3 is 2.62 bits per heavy atom. The molecule has 0 aromatic carbocycles. The summed E-state index contributed by atoms with van der Waals surface area (Å²) in [6.07, 6.45) is 1.40. The van der Waals surface area contributed by atoms with E-state index in [0.29, 0.717) is 17.8 Å². The van der Waals surface area contributed by atoms with Crippen molar-refractivity contribution in [3.63, 3.8) is 0 Å². The number of thiophene rings is 1. The summed E-state index contributed by atoms with van der Waals surface area (Å²) in [5.74, 6) is -0.426. The second-order valence-electron chi connectivity index (χ2n) is 5.72. The van der Waals surface area contributed by atoms with Gasteiger partial charge in [0.25, 0.3) is 0 Å². The van der Waals surface area contributed by atoms with E-state index in [-0.39, 0.29) is 0 Å². The summed E-state index contributed by atoms with van der Waals surface area (Å²) in [5, 5.41) is 1.95. The Kier molecular flexibility index (Phi) is 4.32. The number of H-pyrrole nitrogens is 1. The van der Waals surface area contributed by atoms with Gasteiger partial charge in [0.15, 0.2) is 6.29 Å². The average molecular weight is 305 g/mol. The molecule has 5 heteroatoms. The van der Waals surface area contributed by atoms with Crippen LogP contribution in [-0.2, 0) is 11.2 Å². The molecule has 2 aromatic rings. The number of aldehydes is 1. The van der Waals surface area contributed by atoms with Gasteiger partial charge in [-0.3, -0.25) is 4.79 Å². The Morgan fingerprint density at radius 2 is 2.14 bits per heavy atom. The molecule has 0 aliphatic heterocycles. The Balaban J connectivity index is 2.53. The summed E-state index contributed by atoms with van der Waals surface area (Å²) in [6.45, 7) is 7.42. The quantitative estimate of drug-likeness (QED) is 0.684. The van der Waals surface area contributed by atoms with E-state index >= 15 is 0 Å². The van der Waals surface area contributed by atoms with E-state index in [1.54, 1.807) is 11.3 Å². The zero-order valence-electron chi connectivity index (χ0n) is 12.6. The van der Waals surface area contributed by atoms with E-state index in [0.717, 1.165) is 22.3 Å². The topological polar surface area (TPSA) is 59.2 Å². The van der Waals surface area contributed by atoms with Crippen LogP contribution < -0.4 is 0 Å². The third-order valence-electron chi connectivity index (χ3n) is 2.97. The number of carbonyl (C=O) groups excluding carboxylic acids is 2. The molecule has 0 amide bonds. The van der Waals surface area contributed by atoms with E-state index in [1.807, 2.05) is 45.2 Å². The van der Waals surface area contributed by atoms with Crippen LogP contribution in [0.5, 0.6) is 0 Å². The summed E-state index contributed by atoms with van der Waals surface area (Å²) in [5.41, 5.74) is 1.86. The Bertz CT molecular complexity index is 648. The first-order valence-electron chi connectivity index (χ1n) is 6.84. The van der Waals surface area contributed by atoms with Crippen molar-refractivity contribution in [1.82, 2.24) is 4.98 Å². The van der Waals surface area contributed by atoms with Gasteiger partial charge in [-0.05, 0) is 44.2 Å². The molecule has 0 unspecified atom stereocenters. The van der Waals surface area contributed by atoms with Crippen molar-refractivity contribution < 1.29 is 14.3 Å². The zero-order chi connectivity index (χ0) is 15.6. The van der Waals surface area contributed by atoms with Gasteiger partial charge in [-0.15, -0.1) is 11.3 Å². The van der Waals surface area contributed by atoms with Gasteiger partial charge >= 0.3 is 5.97 Å². The Hall–Kier alpha value is -1.88. The van der Waals surface area contributed by atoms with Crippen LogP contribution in [0.2, 0.25) is 0 Å². The van der Waals surface area contributed by atoms with Crippen LogP contribution in [0.15, 0.2) is 17.5 Å². The van der Waals surface area contributed by atoms with Crippen LogP contribution in [0.1, 0.15) is 54.2 Å². The molecule has 2 heterocycles. The molecule has 2 rings (SSSR count). The van der Waals surface area contributed by atoms with Crippen LogP contribution >= 0.6 is 11.3 Å². The average Bonchev–Trinajstić information content (AvgIpc) is 3.02. The number of rotatable bonds is 4. The minimum atomic E-state index is -0.572. The van der Waals surface area contributed by atoms with Gasteiger partial charge < -0.3 is 9.72 Å². The highest BCUT2D eigenvalue weighted by Crippen LogP contribution is 2.34. The Labute approximate surface area is 128 Å². The Morgan fingerprint density at radius 1 is 1.43 bits per heavy atom. The second kappa shape index (κ2) is 5.85. The molecule has 0 aliphatic rings. The minimum Gasteiger partial charge on any atom is -0.455 e. The monoisotopic (exact) mass is 305 g/mol. The largest absolute Gasteiger partial charge is 0.455 e. The minimum absolute atomic E-state index is 0.373. The van der Waals surface area contributed by atoms with Gasteiger partial charge in [0.05, 0.1) is 5.69 Å². The van der Waals surface area contributed by atoms with Crippen LogP contribution in [0.4, 0.5) is 0 Å². The maximum Gasteiger partial charge on any atom is 0.355 e. The number of esters is 1. The molecule has 0 atom stereocenters. The standard InChI is InChI=1S/C16H19NO3S/c1-5-10-13(12-7-6-8-21-12)11(9-18)17-14(10)15(19)20-16(2,3)4/h6-9,17H,5H2,1-4H3. The summed E-state index contributed by atoms with van der Waals surface area (Å²) >= 11 is 1.54. The van der Waals surface area contributed by atoms with Gasteiger partial charge in [0.1, 0.15) is 11.3 Å². The molecular formula is C16H19NO3S. The number of aromatic amines is 1. The molecule has 112 valence electrons. The molecule has 0 saturated carbocycles. The lowest BCUT2D eigenvalue weighted by Crippen LogP contribution is -2.24. The van der Waals surface area contributed by atoms with Gasteiger partial charge in [0.2, 0.25) is 0 Å². The van der Waals surface area contributed by atoms with Gasteiger partial charge in [0, 0.05) is 10.4 Å². The fourth-order valence-corrected chi connectivity index (χ4v) is 3.02. The molecule has 0 fully saturated rings. The first-order valence-corrected chi connectivity index (χ1v) is 7.72. The van der Waals surface area contributed by atoms with Crippen LogP contribution in [0.3, 0.4) is 0 Å². The van der Waals surface area contributed by atoms with Crippen molar-refractivity contribution >= 4 is 23.6 Å². The first kappa shape index (κ1) is 15.5. The number of ether oxygens (including phenoxy) is 1. The fourth-order valence-electron chi connectivity index (χ4n) is 2.21. The number of hydrogen-bond acceptors (Lipinski definition) is 4. The molecule has 0 bridgehead atoms. The SMILES string of the molecule is CCc1c(C(=O)OC(C)(C)C)[nH]c(C=O)c1-c1cccs1. The molecule has 0 saturated heterocycles. The van der Waals surface area contributed by atoms with Crippen molar-refractivity contribution in [3.05, 3.63) is 34.5 Å². The predicted molar refractivity (Wildman–Crippen MR) is 84.0 cm³/mol. The first-order chi connectivity index (χ1) is 9.87. The summed E-state index contributed by atoms with van der Waals surface area (Å²) in [6, 6.07) is 3.87. The normalized spacial score (nSPS) is 11.4. The van der Waals surface area contributed by atoms with Gasteiger partial charge in [-0.25, -0.2) is 4.79 Å². The van der Waals surface area contributed by atoms with Crippen molar-refractivity contribution in [2.75, 3.05) is 0 Å². The van der Waals surface area contributed by atoms with Crippen LogP contribution in [0.25, 0.3) is 10.4 Å². The molecule has 1 N–H and O–H groups in total. The van der Waals surface area contributed by atoms with Gasteiger partial charge in [-0.2, -0.15) is 0 Å². The van der Waals surface area contributed by atoms with Crippen molar-refractivity contribution in [3.8, 4) is 10.4 Å². The molecule has 0 radical (unpaired) electrons. The van der Waals surface area contributed by atoms with E-state index in [2.05, 4.69) is 4.98 Å². The highest BCUT2D eigenvalue weighted by molar-refractivity contribution is 7.13.